The molecule has 29 heavy (non-hydrogen) atoms. The Balaban J connectivity index is 1.61. The average molecular weight is 395 g/mol. The highest BCUT2D eigenvalue weighted by Crippen LogP contribution is 2.06. The number of hydrogen-bond donors (Lipinski definition) is 3. The van der Waals surface area contributed by atoms with Crippen molar-refractivity contribution < 1.29 is 19.1 Å². The summed E-state index contributed by atoms with van der Waals surface area (Å²) >= 11 is 0. The van der Waals surface area contributed by atoms with Crippen LogP contribution in [0.2, 0.25) is 0 Å². The molecule has 3 rings (SSSR count). The van der Waals surface area contributed by atoms with Crippen molar-refractivity contribution in [2.75, 3.05) is 0 Å². The maximum atomic E-state index is 12.5. The van der Waals surface area contributed by atoms with E-state index in [0.29, 0.717) is 5.56 Å². The van der Waals surface area contributed by atoms with Gasteiger partial charge in [0.15, 0.2) is 0 Å². The summed E-state index contributed by atoms with van der Waals surface area (Å²) in [6, 6.07) is 17.2. The molecule has 0 aliphatic rings. The number of carbonyl (C=O) groups excluding carboxylic acids is 2. The minimum Gasteiger partial charge on any atom is -0.459 e. The van der Waals surface area contributed by atoms with Gasteiger partial charge in [0.1, 0.15) is 19.3 Å². The van der Waals surface area contributed by atoms with Crippen LogP contribution in [-0.4, -0.2) is 28.3 Å². The average Bonchev–Trinajstić information content (AvgIpc) is 3.16. The zero-order chi connectivity index (χ0) is 20.5. The van der Waals surface area contributed by atoms with Crippen molar-refractivity contribution in [1.29, 1.82) is 0 Å². The fourth-order valence-corrected chi connectivity index (χ4v) is 2.64. The minimum atomic E-state index is -1.07. The third kappa shape index (κ3) is 6.10. The molecule has 0 saturated heterocycles. The summed E-state index contributed by atoms with van der Waals surface area (Å²) in [5.41, 5.74) is 1.57. The van der Waals surface area contributed by atoms with Gasteiger partial charge in [0.25, 0.3) is 5.56 Å². The van der Waals surface area contributed by atoms with Crippen LogP contribution in [0.1, 0.15) is 16.7 Å². The Morgan fingerprint density at radius 2 is 1.48 bits per heavy atom. The molecule has 8 nitrogen and oxygen atoms in total. The van der Waals surface area contributed by atoms with E-state index in [1.807, 2.05) is 60.7 Å². The van der Waals surface area contributed by atoms with E-state index in [-0.39, 0.29) is 25.2 Å². The van der Waals surface area contributed by atoms with Crippen LogP contribution in [0.25, 0.3) is 0 Å². The van der Waals surface area contributed by atoms with Crippen LogP contribution in [0.4, 0.5) is 4.79 Å². The molecule has 8 heteroatoms. The van der Waals surface area contributed by atoms with Crippen LogP contribution >= 0.6 is 0 Å². The van der Waals surface area contributed by atoms with E-state index in [4.69, 9.17) is 9.47 Å². The van der Waals surface area contributed by atoms with Crippen molar-refractivity contribution in [2.45, 2.75) is 25.7 Å². The number of H-pyrrole nitrogens is 2. The molecule has 0 spiro atoms. The van der Waals surface area contributed by atoms with Gasteiger partial charge in [0.2, 0.25) is 0 Å². The number of rotatable bonds is 8. The fraction of sp³-hybridized carbons (Fsp3) is 0.190. The van der Waals surface area contributed by atoms with Gasteiger partial charge in [-0.05, 0) is 11.1 Å². The highest BCUT2D eigenvalue weighted by Gasteiger charge is 2.25. The van der Waals surface area contributed by atoms with Crippen molar-refractivity contribution in [1.82, 2.24) is 15.5 Å². The first-order valence-electron chi connectivity index (χ1n) is 9.04. The third-order valence-electron chi connectivity index (χ3n) is 4.16. The van der Waals surface area contributed by atoms with Crippen molar-refractivity contribution >= 4 is 12.1 Å². The van der Waals surface area contributed by atoms with E-state index in [0.717, 1.165) is 11.1 Å². The first-order chi connectivity index (χ1) is 14.1. The molecular weight excluding hydrogens is 374 g/mol. The molecule has 0 radical (unpaired) electrons. The third-order valence-corrected chi connectivity index (χ3v) is 4.16. The molecule has 3 aromatic rings. The Bertz CT molecular complexity index is 982. The number of ether oxygens (including phenoxy) is 2. The lowest BCUT2D eigenvalue weighted by atomic mass is 10.1. The molecule has 1 heterocycles. The Labute approximate surface area is 166 Å². The van der Waals surface area contributed by atoms with Crippen LogP contribution in [-0.2, 0) is 33.9 Å². The highest BCUT2D eigenvalue weighted by molar-refractivity contribution is 5.81. The number of aromatic nitrogens is 2. The van der Waals surface area contributed by atoms with Crippen molar-refractivity contribution in [3.05, 3.63) is 93.9 Å². The summed E-state index contributed by atoms with van der Waals surface area (Å²) in [4.78, 5) is 36.5. The summed E-state index contributed by atoms with van der Waals surface area (Å²) in [7, 11) is 0. The van der Waals surface area contributed by atoms with E-state index >= 15 is 0 Å². The number of nitrogens with one attached hydrogen (secondary N) is 3. The van der Waals surface area contributed by atoms with Gasteiger partial charge >= 0.3 is 12.1 Å². The molecule has 0 aliphatic carbocycles. The lowest BCUT2D eigenvalue weighted by Gasteiger charge is -2.17. The zero-order valence-corrected chi connectivity index (χ0v) is 15.6. The number of carbonyl (C=O) groups is 2. The Hall–Kier alpha value is -3.81. The molecule has 3 N–H and O–H groups in total. The molecule has 1 amide bonds. The van der Waals surface area contributed by atoms with Gasteiger partial charge in [-0.2, -0.15) is 0 Å². The molecule has 150 valence electrons. The first-order valence-corrected chi connectivity index (χ1v) is 9.04. The lowest BCUT2D eigenvalue weighted by Crippen LogP contribution is -2.44. The maximum Gasteiger partial charge on any atom is 0.408 e. The molecule has 0 fully saturated rings. The van der Waals surface area contributed by atoms with Crippen LogP contribution in [0.3, 0.4) is 0 Å². The molecule has 0 bridgehead atoms. The number of hydrogen-bond acceptors (Lipinski definition) is 5. The summed E-state index contributed by atoms with van der Waals surface area (Å²) in [6.45, 7) is 0.115. The number of aromatic amines is 2. The summed E-state index contributed by atoms with van der Waals surface area (Å²) < 4.78 is 10.5. The van der Waals surface area contributed by atoms with Crippen LogP contribution < -0.4 is 10.9 Å². The predicted octanol–water partition coefficient (Wildman–Crippen LogP) is 2.28. The number of amides is 1. The van der Waals surface area contributed by atoms with Crippen molar-refractivity contribution in [3.63, 3.8) is 0 Å². The second kappa shape index (κ2) is 9.93. The van der Waals surface area contributed by atoms with Gasteiger partial charge in [-0.3, -0.25) is 9.89 Å². The van der Waals surface area contributed by atoms with Crippen LogP contribution in [0.5, 0.6) is 0 Å². The molecule has 1 aromatic heterocycles. The Morgan fingerprint density at radius 1 is 0.897 bits per heavy atom. The number of benzene rings is 2. The monoisotopic (exact) mass is 395 g/mol. The normalized spacial score (nSPS) is 11.4. The van der Waals surface area contributed by atoms with Gasteiger partial charge in [-0.25, -0.2) is 9.59 Å². The second-order valence-electron chi connectivity index (χ2n) is 6.32. The van der Waals surface area contributed by atoms with Gasteiger partial charge in [0.05, 0.1) is 0 Å². The first kappa shape index (κ1) is 19.9. The van der Waals surface area contributed by atoms with Crippen molar-refractivity contribution in [2.24, 2.45) is 0 Å². The fourth-order valence-electron chi connectivity index (χ4n) is 2.64. The number of alkyl carbamates (subject to hydrolysis) is 1. The van der Waals surface area contributed by atoms with E-state index in [9.17, 15) is 14.4 Å². The highest BCUT2D eigenvalue weighted by atomic mass is 16.6. The standard InChI is InChI=1S/C21H21N3O5/c25-19-17(12-22-24-19)11-18(20(26)28-13-15-7-3-1-4-8-15)23-21(27)29-14-16-9-5-2-6-10-16/h1-10,12,18H,11,13-14H2,(H,23,27)(H2,22,24,25)/t18-/m1/s1. The molecule has 0 unspecified atom stereocenters. The summed E-state index contributed by atoms with van der Waals surface area (Å²) in [6.07, 6.45) is 0.631. The van der Waals surface area contributed by atoms with Gasteiger partial charge in [-0.15, -0.1) is 0 Å². The SMILES string of the molecule is O=C(N[C@H](Cc1c[nH][nH]c1=O)C(=O)OCc1ccccc1)OCc1ccccc1. The van der Waals surface area contributed by atoms with E-state index < -0.39 is 18.1 Å². The van der Waals surface area contributed by atoms with Crippen molar-refractivity contribution in [3.8, 4) is 0 Å². The van der Waals surface area contributed by atoms with Gasteiger partial charge in [0, 0.05) is 18.2 Å². The second-order valence-corrected chi connectivity index (χ2v) is 6.32. The Morgan fingerprint density at radius 3 is 2.03 bits per heavy atom. The van der Waals surface area contributed by atoms with Crippen LogP contribution in [0, 0.1) is 0 Å². The van der Waals surface area contributed by atoms with Gasteiger partial charge in [-0.1, -0.05) is 60.7 Å². The summed E-state index contributed by atoms with van der Waals surface area (Å²) in [5, 5.41) is 7.45. The van der Waals surface area contributed by atoms with Gasteiger partial charge < -0.3 is 19.9 Å². The Kier molecular flexibility index (Phi) is 6.83. The van der Waals surface area contributed by atoms with Crippen LogP contribution in [0.15, 0.2) is 71.7 Å². The maximum absolute atomic E-state index is 12.5. The molecule has 0 aliphatic heterocycles. The minimum absolute atomic E-state index is 0.0348. The molecular formula is C21H21N3O5. The van der Waals surface area contributed by atoms with E-state index in [2.05, 4.69) is 15.5 Å². The molecule has 2 aromatic carbocycles. The zero-order valence-electron chi connectivity index (χ0n) is 15.6. The molecule has 1 atom stereocenters. The lowest BCUT2D eigenvalue weighted by molar-refractivity contribution is -0.147. The summed E-state index contributed by atoms with van der Waals surface area (Å²) in [5.74, 6) is -0.661. The van der Waals surface area contributed by atoms with E-state index in [1.165, 1.54) is 6.20 Å². The molecule has 0 saturated carbocycles. The topological polar surface area (TPSA) is 113 Å². The van der Waals surface area contributed by atoms with E-state index in [1.54, 1.807) is 0 Å². The smallest absolute Gasteiger partial charge is 0.408 e. The number of esters is 1. The quantitative estimate of drug-likeness (QED) is 0.507. The largest absolute Gasteiger partial charge is 0.459 e. The predicted molar refractivity (Wildman–Crippen MR) is 105 cm³/mol.